The van der Waals surface area contributed by atoms with Crippen LogP contribution in [0.3, 0.4) is 0 Å². The van der Waals surface area contributed by atoms with Gasteiger partial charge in [0, 0.05) is 17.3 Å². The third kappa shape index (κ3) is 4.14. The monoisotopic (exact) mass is 286 g/mol. The number of hydrogen-bond acceptors (Lipinski definition) is 4. The molecule has 0 aliphatic carbocycles. The van der Waals surface area contributed by atoms with Crippen LogP contribution >= 0.6 is 0 Å². The van der Waals surface area contributed by atoms with E-state index in [9.17, 15) is 9.90 Å². The second-order valence-corrected chi connectivity index (χ2v) is 4.68. The highest BCUT2D eigenvalue weighted by Crippen LogP contribution is 2.16. The number of phenols is 1. The van der Waals surface area contributed by atoms with Gasteiger partial charge in [-0.25, -0.2) is 0 Å². The van der Waals surface area contributed by atoms with Crippen molar-refractivity contribution in [1.82, 2.24) is 5.32 Å². The van der Waals surface area contributed by atoms with E-state index in [1.807, 2.05) is 12.1 Å². The van der Waals surface area contributed by atoms with Gasteiger partial charge in [0.25, 0.3) is 5.91 Å². The van der Waals surface area contributed by atoms with Crippen LogP contribution in [0, 0.1) is 6.92 Å². The van der Waals surface area contributed by atoms with Gasteiger partial charge in [-0.2, -0.15) is 0 Å². The van der Waals surface area contributed by atoms with Crippen LogP contribution in [0.2, 0.25) is 0 Å². The average Bonchev–Trinajstić information content (AvgIpc) is 2.43. The quantitative estimate of drug-likeness (QED) is 0.580. The van der Waals surface area contributed by atoms with Crippen LogP contribution in [0.1, 0.15) is 15.9 Å². The predicted molar refractivity (Wildman–Crippen MR) is 81.5 cm³/mol. The molecule has 0 saturated carbocycles. The number of benzene rings is 2. The van der Waals surface area contributed by atoms with Crippen LogP contribution in [0.4, 0.5) is 5.69 Å². The molecule has 0 bridgehead atoms. The fourth-order valence-corrected chi connectivity index (χ4v) is 1.94. The summed E-state index contributed by atoms with van der Waals surface area (Å²) in [5, 5.41) is 12.1. The first kappa shape index (κ1) is 14.7. The van der Waals surface area contributed by atoms with E-state index >= 15 is 0 Å². The van der Waals surface area contributed by atoms with E-state index in [1.165, 1.54) is 6.07 Å². The smallest absolute Gasteiger partial charge is 0.251 e. The van der Waals surface area contributed by atoms with Crippen LogP contribution in [-0.4, -0.2) is 24.2 Å². The van der Waals surface area contributed by atoms with Crippen molar-refractivity contribution in [2.24, 2.45) is 0 Å². The Morgan fingerprint density at radius 2 is 2.10 bits per heavy atom. The number of aromatic hydroxyl groups is 1. The standard InChI is InChI=1S/C16H18N2O3/c1-11-9-13(19)5-6-15(11)16(20)18-7-8-21-14-4-2-3-12(17)10-14/h2-6,9-10,19H,7-8,17H2,1H3,(H,18,20). The van der Waals surface area contributed by atoms with Crippen LogP contribution in [0.15, 0.2) is 42.5 Å². The summed E-state index contributed by atoms with van der Waals surface area (Å²) in [6.07, 6.45) is 0. The van der Waals surface area contributed by atoms with Gasteiger partial charge in [-0.15, -0.1) is 0 Å². The Hall–Kier alpha value is -2.69. The van der Waals surface area contributed by atoms with Gasteiger partial charge in [0.15, 0.2) is 0 Å². The topological polar surface area (TPSA) is 84.6 Å². The molecule has 0 aliphatic heterocycles. The van der Waals surface area contributed by atoms with Gasteiger partial charge in [-0.05, 0) is 42.8 Å². The fraction of sp³-hybridized carbons (Fsp3) is 0.188. The summed E-state index contributed by atoms with van der Waals surface area (Å²) in [6, 6.07) is 11.8. The normalized spacial score (nSPS) is 10.1. The summed E-state index contributed by atoms with van der Waals surface area (Å²) in [5.41, 5.74) is 7.55. The van der Waals surface area contributed by atoms with E-state index in [2.05, 4.69) is 5.32 Å². The number of anilines is 1. The lowest BCUT2D eigenvalue weighted by molar-refractivity contribution is 0.0946. The Labute approximate surface area is 123 Å². The molecule has 4 N–H and O–H groups in total. The van der Waals surface area contributed by atoms with Gasteiger partial charge >= 0.3 is 0 Å². The van der Waals surface area contributed by atoms with Crippen molar-refractivity contribution in [3.05, 3.63) is 53.6 Å². The molecule has 0 saturated heterocycles. The second kappa shape index (κ2) is 6.65. The van der Waals surface area contributed by atoms with Crippen molar-refractivity contribution < 1.29 is 14.6 Å². The molecule has 0 aliphatic rings. The molecule has 0 atom stereocenters. The molecule has 21 heavy (non-hydrogen) atoms. The number of amides is 1. The minimum Gasteiger partial charge on any atom is -0.508 e. The summed E-state index contributed by atoms with van der Waals surface area (Å²) in [7, 11) is 0. The number of ether oxygens (including phenoxy) is 1. The first-order valence-corrected chi connectivity index (χ1v) is 6.62. The van der Waals surface area contributed by atoms with Crippen LogP contribution in [0.25, 0.3) is 0 Å². The molecule has 5 heteroatoms. The van der Waals surface area contributed by atoms with Gasteiger partial charge in [-0.3, -0.25) is 4.79 Å². The van der Waals surface area contributed by atoms with Crippen LogP contribution < -0.4 is 15.8 Å². The van der Waals surface area contributed by atoms with E-state index in [-0.39, 0.29) is 11.7 Å². The molecule has 2 aromatic rings. The number of rotatable bonds is 5. The highest BCUT2D eigenvalue weighted by Gasteiger charge is 2.08. The Morgan fingerprint density at radius 3 is 2.81 bits per heavy atom. The Morgan fingerprint density at radius 1 is 1.29 bits per heavy atom. The maximum atomic E-state index is 12.0. The number of nitrogens with two attached hydrogens (primary N) is 1. The first-order chi connectivity index (χ1) is 10.1. The van der Waals surface area contributed by atoms with E-state index in [0.717, 1.165) is 5.56 Å². The van der Waals surface area contributed by atoms with Gasteiger partial charge in [-0.1, -0.05) is 6.07 Å². The molecule has 110 valence electrons. The molecule has 0 radical (unpaired) electrons. The van der Waals surface area contributed by atoms with Gasteiger partial charge < -0.3 is 20.9 Å². The number of phenolic OH excluding ortho intramolecular Hbond substituents is 1. The van der Waals surface area contributed by atoms with E-state index < -0.39 is 0 Å². The zero-order valence-corrected chi connectivity index (χ0v) is 11.8. The molecule has 0 unspecified atom stereocenters. The van der Waals surface area contributed by atoms with E-state index in [1.54, 1.807) is 31.2 Å². The molecule has 2 rings (SSSR count). The maximum Gasteiger partial charge on any atom is 0.251 e. The molecule has 2 aromatic carbocycles. The average molecular weight is 286 g/mol. The number of aryl methyl sites for hydroxylation is 1. The van der Waals surface area contributed by atoms with Crippen molar-refractivity contribution in [2.75, 3.05) is 18.9 Å². The Balaban J connectivity index is 1.82. The lowest BCUT2D eigenvalue weighted by atomic mass is 10.1. The summed E-state index contributed by atoms with van der Waals surface area (Å²) in [4.78, 5) is 12.0. The number of carbonyl (C=O) groups excluding carboxylic acids is 1. The predicted octanol–water partition coefficient (Wildman–Crippen LogP) is 2.09. The van der Waals surface area contributed by atoms with Crippen molar-refractivity contribution in [2.45, 2.75) is 6.92 Å². The third-order valence-electron chi connectivity index (χ3n) is 2.97. The molecule has 0 heterocycles. The number of nitrogen functional groups attached to an aromatic ring is 1. The highest BCUT2D eigenvalue weighted by atomic mass is 16.5. The number of nitrogens with one attached hydrogen (secondary N) is 1. The molecule has 1 amide bonds. The maximum absolute atomic E-state index is 12.0. The first-order valence-electron chi connectivity index (χ1n) is 6.62. The lowest BCUT2D eigenvalue weighted by Gasteiger charge is -2.09. The minimum atomic E-state index is -0.191. The Kier molecular flexibility index (Phi) is 4.66. The van der Waals surface area contributed by atoms with Crippen molar-refractivity contribution in [3.63, 3.8) is 0 Å². The molecule has 0 aromatic heterocycles. The largest absolute Gasteiger partial charge is 0.508 e. The lowest BCUT2D eigenvalue weighted by Crippen LogP contribution is -2.28. The summed E-state index contributed by atoms with van der Waals surface area (Å²) < 4.78 is 5.49. The summed E-state index contributed by atoms with van der Waals surface area (Å²) in [5.74, 6) is 0.628. The van der Waals surface area contributed by atoms with Crippen LogP contribution in [-0.2, 0) is 0 Å². The SMILES string of the molecule is Cc1cc(O)ccc1C(=O)NCCOc1cccc(N)c1. The van der Waals surface area contributed by atoms with Crippen molar-refractivity contribution in [1.29, 1.82) is 0 Å². The van der Waals surface area contributed by atoms with Crippen molar-refractivity contribution in [3.8, 4) is 11.5 Å². The Bertz CT molecular complexity index is 641. The second-order valence-electron chi connectivity index (χ2n) is 4.68. The highest BCUT2D eigenvalue weighted by molar-refractivity contribution is 5.95. The third-order valence-corrected chi connectivity index (χ3v) is 2.97. The minimum absolute atomic E-state index is 0.147. The summed E-state index contributed by atoms with van der Waals surface area (Å²) in [6.45, 7) is 2.51. The van der Waals surface area contributed by atoms with Crippen molar-refractivity contribution >= 4 is 11.6 Å². The van der Waals surface area contributed by atoms with Gasteiger partial charge in [0.05, 0.1) is 6.54 Å². The number of hydrogen-bond donors (Lipinski definition) is 3. The molecule has 0 fully saturated rings. The fourth-order valence-electron chi connectivity index (χ4n) is 1.94. The zero-order chi connectivity index (χ0) is 15.2. The van der Waals surface area contributed by atoms with Crippen LogP contribution in [0.5, 0.6) is 11.5 Å². The zero-order valence-electron chi connectivity index (χ0n) is 11.8. The summed E-state index contributed by atoms with van der Waals surface area (Å²) >= 11 is 0. The molecule has 0 spiro atoms. The molecular weight excluding hydrogens is 268 g/mol. The van der Waals surface area contributed by atoms with E-state index in [0.29, 0.717) is 30.2 Å². The molecular formula is C16H18N2O3. The molecule has 5 nitrogen and oxygen atoms in total. The van der Waals surface area contributed by atoms with Gasteiger partial charge in [0.1, 0.15) is 18.1 Å². The van der Waals surface area contributed by atoms with Gasteiger partial charge in [0.2, 0.25) is 0 Å². The van der Waals surface area contributed by atoms with E-state index in [4.69, 9.17) is 10.5 Å². The number of carbonyl (C=O) groups is 1.